The Morgan fingerprint density at radius 1 is 0.955 bits per heavy atom. The molecule has 2 rings (SSSR count). The normalized spacial score (nSPS) is 11.3. The smallest absolute Gasteiger partial charge is 0.127 e. The Bertz CT molecular complexity index is 606. The summed E-state index contributed by atoms with van der Waals surface area (Å²) in [5.74, 6) is 0.580. The third-order valence-corrected chi connectivity index (χ3v) is 3.98. The summed E-state index contributed by atoms with van der Waals surface area (Å²) in [5.41, 5.74) is 3.74. The molecule has 0 aliphatic rings. The van der Waals surface area contributed by atoms with Gasteiger partial charge in [0.15, 0.2) is 0 Å². The summed E-state index contributed by atoms with van der Waals surface area (Å²) in [7, 11) is 1.99. The molecule has 0 heterocycles. The molecular weight excluding hydrogens is 268 g/mol. The Kier molecular flexibility index (Phi) is 5.02. The van der Waals surface area contributed by atoms with Crippen LogP contribution in [0.5, 0.6) is 0 Å². The van der Waals surface area contributed by atoms with Crippen molar-refractivity contribution in [3.63, 3.8) is 0 Å². The van der Waals surface area contributed by atoms with Crippen molar-refractivity contribution < 1.29 is 0 Å². The lowest BCUT2D eigenvalue weighted by molar-refractivity contribution is 0.506. The molecule has 2 nitrogen and oxygen atoms in total. The van der Waals surface area contributed by atoms with E-state index in [-0.39, 0.29) is 5.41 Å². The molecule has 0 aromatic heterocycles. The lowest BCUT2D eigenvalue weighted by Crippen LogP contribution is -2.29. The Morgan fingerprint density at radius 2 is 1.55 bits per heavy atom. The molecule has 2 aromatic rings. The highest BCUT2D eigenvalue weighted by Gasteiger charge is 2.14. The zero-order valence-corrected chi connectivity index (χ0v) is 14.1. The minimum absolute atomic E-state index is 0.153. The highest BCUT2D eigenvalue weighted by atomic mass is 15.1. The fourth-order valence-corrected chi connectivity index (χ4v) is 2.40. The highest BCUT2D eigenvalue weighted by Crippen LogP contribution is 2.22. The van der Waals surface area contributed by atoms with Crippen LogP contribution in [0, 0.1) is 5.41 Å². The quantitative estimate of drug-likeness (QED) is 0.653. The topological polar surface area (TPSA) is 27.1 Å². The SMILES string of the molecule is CN(CCc1ccccc1)C(=N)c1ccc(C(C)(C)C)cc1. The summed E-state index contributed by atoms with van der Waals surface area (Å²) in [4.78, 5) is 2.01. The van der Waals surface area contributed by atoms with Gasteiger partial charge in [0, 0.05) is 19.2 Å². The molecule has 0 radical (unpaired) electrons. The van der Waals surface area contributed by atoms with E-state index < -0.39 is 0 Å². The number of nitrogens with zero attached hydrogens (tertiary/aromatic N) is 1. The van der Waals surface area contributed by atoms with Crippen LogP contribution < -0.4 is 0 Å². The van der Waals surface area contributed by atoms with Crippen LogP contribution in [0.2, 0.25) is 0 Å². The largest absolute Gasteiger partial charge is 0.359 e. The van der Waals surface area contributed by atoms with Gasteiger partial charge in [-0.2, -0.15) is 0 Å². The summed E-state index contributed by atoms with van der Waals surface area (Å²) >= 11 is 0. The van der Waals surface area contributed by atoms with E-state index in [9.17, 15) is 0 Å². The number of hydrogen-bond donors (Lipinski definition) is 1. The second-order valence-corrected chi connectivity index (χ2v) is 6.83. The van der Waals surface area contributed by atoms with Gasteiger partial charge >= 0.3 is 0 Å². The predicted molar refractivity (Wildman–Crippen MR) is 94.7 cm³/mol. The molecule has 22 heavy (non-hydrogen) atoms. The van der Waals surface area contributed by atoms with Crippen LogP contribution in [-0.2, 0) is 11.8 Å². The van der Waals surface area contributed by atoms with Crippen molar-refractivity contribution in [3.05, 3.63) is 71.3 Å². The average molecular weight is 294 g/mol. The molecule has 0 aliphatic carbocycles. The maximum Gasteiger partial charge on any atom is 0.127 e. The van der Waals surface area contributed by atoms with Crippen LogP contribution in [-0.4, -0.2) is 24.3 Å². The minimum atomic E-state index is 0.153. The van der Waals surface area contributed by atoms with Crippen molar-refractivity contribution in [2.24, 2.45) is 0 Å². The third-order valence-electron chi connectivity index (χ3n) is 3.98. The van der Waals surface area contributed by atoms with Crippen molar-refractivity contribution in [1.82, 2.24) is 4.90 Å². The molecule has 2 heteroatoms. The molecule has 0 saturated carbocycles. The molecule has 0 unspecified atom stereocenters. The molecule has 0 amide bonds. The first-order valence-electron chi connectivity index (χ1n) is 7.82. The fourth-order valence-electron chi connectivity index (χ4n) is 2.40. The lowest BCUT2D eigenvalue weighted by Gasteiger charge is -2.22. The van der Waals surface area contributed by atoms with E-state index in [1.165, 1.54) is 11.1 Å². The van der Waals surface area contributed by atoms with Gasteiger partial charge in [-0.05, 0) is 23.0 Å². The second-order valence-electron chi connectivity index (χ2n) is 6.83. The standard InChI is InChI=1S/C20H26N2/c1-20(2,3)18-12-10-17(11-13-18)19(21)22(4)15-14-16-8-6-5-7-9-16/h5-13,21H,14-15H2,1-4H3. The molecular formula is C20H26N2. The number of likely N-dealkylation sites (N-methyl/N-ethyl adjacent to an activating group) is 1. The first-order chi connectivity index (χ1) is 10.4. The van der Waals surface area contributed by atoms with E-state index in [1.807, 2.05) is 18.0 Å². The summed E-state index contributed by atoms with van der Waals surface area (Å²) in [5, 5.41) is 8.35. The van der Waals surface area contributed by atoms with Gasteiger partial charge in [0.05, 0.1) is 0 Å². The number of amidine groups is 1. The maximum atomic E-state index is 8.35. The van der Waals surface area contributed by atoms with Crippen molar-refractivity contribution in [3.8, 4) is 0 Å². The first kappa shape index (κ1) is 16.3. The Morgan fingerprint density at radius 3 is 2.09 bits per heavy atom. The number of hydrogen-bond acceptors (Lipinski definition) is 1. The van der Waals surface area contributed by atoms with Crippen LogP contribution >= 0.6 is 0 Å². The van der Waals surface area contributed by atoms with Crippen LogP contribution in [0.3, 0.4) is 0 Å². The highest BCUT2D eigenvalue weighted by molar-refractivity contribution is 5.96. The van der Waals surface area contributed by atoms with Gasteiger partial charge in [-0.25, -0.2) is 0 Å². The third kappa shape index (κ3) is 4.20. The van der Waals surface area contributed by atoms with E-state index >= 15 is 0 Å². The van der Waals surface area contributed by atoms with Gasteiger partial charge in [0.25, 0.3) is 0 Å². The van der Waals surface area contributed by atoms with Crippen molar-refractivity contribution >= 4 is 5.84 Å². The van der Waals surface area contributed by atoms with Gasteiger partial charge in [0.1, 0.15) is 5.84 Å². The predicted octanol–water partition coefficient (Wildman–Crippen LogP) is 4.48. The first-order valence-corrected chi connectivity index (χ1v) is 7.82. The molecule has 2 aromatic carbocycles. The molecule has 116 valence electrons. The van der Waals surface area contributed by atoms with Crippen LogP contribution in [0.1, 0.15) is 37.5 Å². The number of benzene rings is 2. The molecule has 0 atom stereocenters. The van der Waals surface area contributed by atoms with Crippen LogP contribution in [0.4, 0.5) is 0 Å². The van der Waals surface area contributed by atoms with Gasteiger partial charge in [0.2, 0.25) is 0 Å². The van der Waals surface area contributed by atoms with E-state index in [2.05, 4.69) is 69.3 Å². The molecule has 0 fully saturated rings. The van der Waals surface area contributed by atoms with Gasteiger partial charge in [-0.3, -0.25) is 5.41 Å². The molecule has 0 bridgehead atoms. The molecule has 0 saturated heterocycles. The number of rotatable bonds is 4. The van der Waals surface area contributed by atoms with Crippen molar-refractivity contribution in [1.29, 1.82) is 5.41 Å². The van der Waals surface area contributed by atoms with E-state index in [1.54, 1.807) is 0 Å². The van der Waals surface area contributed by atoms with E-state index in [0.717, 1.165) is 18.5 Å². The second kappa shape index (κ2) is 6.78. The lowest BCUT2D eigenvalue weighted by atomic mass is 9.86. The summed E-state index contributed by atoms with van der Waals surface area (Å²) in [6.45, 7) is 7.47. The minimum Gasteiger partial charge on any atom is -0.359 e. The Hall–Kier alpha value is -2.09. The van der Waals surface area contributed by atoms with Gasteiger partial charge in [-0.15, -0.1) is 0 Å². The van der Waals surface area contributed by atoms with E-state index in [4.69, 9.17) is 5.41 Å². The maximum absolute atomic E-state index is 8.35. The fraction of sp³-hybridized carbons (Fsp3) is 0.350. The molecule has 0 aliphatic heterocycles. The molecule has 1 N–H and O–H groups in total. The summed E-state index contributed by atoms with van der Waals surface area (Å²) in [6, 6.07) is 18.8. The zero-order chi connectivity index (χ0) is 16.2. The van der Waals surface area contributed by atoms with Crippen molar-refractivity contribution in [2.45, 2.75) is 32.6 Å². The zero-order valence-electron chi connectivity index (χ0n) is 14.1. The van der Waals surface area contributed by atoms with Gasteiger partial charge < -0.3 is 4.90 Å². The molecule has 0 spiro atoms. The number of nitrogens with one attached hydrogen (secondary N) is 1. The van der Waals surface area contributed by atoms with Crippen LogP contribution in [0.25, 0.3) is 0 Å². The summed E-state index contributed by atoms with van der Waals surface area (Å²) in [6.07, 6.45) is 0.958. The van der Waals surface area contributed by atoms with Crippen molar-refractivity contribution in [2.75, 3.05) is 13.6 Å². The monoisotopic (exact) mass is 294 g/mol. The van der Waals surface area contributed by atoms with Crippen LogP contribution in [0.15, 0.2) is 54.6 Å². The Labute approximate surface area is 134 Å². The summed E-state index contributed by atoms with van der Waals surface area (Å²) < 4.78 is 0. The van der Waals surface area contributed by atoms with E-state index in [0.29, 0.717) is 5.84 Å². The Balaban J connectivity index is 1.98. The average Bonchev–Trinajstić information content (AvgIpc) is 2.52. The van der Waals surface area contributed by atoms with Gasteiger partial charge in [-0.1, -0.05) is 75.4 Å².